The summed E-state index contributed by atoms with van der Waals surface area (Å²) in [6.07, 6.45) is -0.594. The minimum absolute atomic E-state index is 0.0603. The van der Waals surface area contributed by atoms with Crippen LogP contribution in [0.3, 0.4) is 0 Å². The second-order valence-electron chi connectivity index (χ2n) is 12.8. The third-order valence-corrected chi connectivity index (χ3v) is 10.1. The molecule has 0 radical (unpaired) electrons. The molecule has 1 aliphatic heterocycles. The van der Waals surface area contributed by atoms with Crippen molar-refractivity contribution in [3.8, 4) is 0 Å². The molecule has 3 unspecified atom stereocenters. The number of carbonyl (C=O) groups is 2. The molecule has 41 heavy (non-hydrogen) atoms. The molecule has 1 saturated heterocycles. The van der Waals surface area contributed by atoms with E-state index in [4.69, 9.17) is 0 Å². The third kappa shape index (κ3) is 5.27. The van der Waals surface area contributed by atoms with Gasteiger partial charge in [-0.25, -0.2) is 4.39 Å². The minimum Gasteiger partial charge on any atom is -0.481 e. The van der Waals surface area contributed by atoms with Gasteiger partial charge in [-0.3, -0.25) is 9.59 Å². The molecule has 3 aliphatic rings. The van der Waals surface area contributed by atoms with Gasteiger partial charge in [-0.1, -0.05) is 56.3 Å². The number of aryl methyl sites for hydroxylation is 1. The molecule has 3 atom stereocenters. The molecule has 0 spiro atoms. The fourth-order valence-electron chi connectivity index (χ4n) is 7.53. The van der Waals surface area contributed by atoms with Crippen molar-refractivity contribution >= 4 is 11.9 Å². The normalized spacial score (nSPS) is 27.7. The molecule has 222 valence electrons. The monoisotopic (exact) mass is 573 g/mol. The van der Waals surface area contributed by atoms with Crippen LogP contribution in [-0.4, -0.2) is 40.6 Å². The first-order valence-corrected chi connectivity index (χ1v) is 14.8. The van der Waals surface area contributed by atoms with Crippen LogP contribution in [0, 0.1) is 11.8 Å². The topological polar surface area (TPSA) is 57.6 Å². The number of carboxylic acids is 1. The zero-order valence-electron chi connectivity index (χ0n) is 23.9. The molecule has 2 aliphatic carbocycles. The first-order chi connectivity index (χ1) is 19.2. The van der Waals surface area contributed by atoms with Crippen molar-refractivity contribution in [2.45, 2.75) is 101 Å². The van der Waals surface area contributed by atoms with Gasteiger partial charge in [0, 0.05) is 23.9 Å². The largest absolute Gasteiger partial charge is 0.481 e. The summed E-state index contributed by atoms with van der Waals surface area (Å²) in [5, 5.41) is 9.38. The van der Waals surface area contributed by atoms with Crippen LogP contribution in [0.15, 0.2) is 42.5 Å². The van der Waals surface area contributed by atoms with E-state index in [1.54, 1.807) is 6.07 Å². The van der Waals surface area contributed by atoms with E-state index in [9.17, 15) is 32.3 Å². The molecule has 5 rings (SSSR count). The quantitative estimate of drug-likeness (QED) is 0.365. The smallest absolute Gasteiger partial charge is 0.426 e. The Balaban J connectivity index is 1.51. The van der Waals surface area contributed by atoms with Gasteiger partial charge in [0.1, 0.15) is 0 Å². The number of nitrogens with zero attached hydrogens (tertiary/aromatic N) is 1. The van der Waals surface area contributed by atoms with E-state index in [0.717, 1.165) is 16.7 Å². The standard InChI is InChI=1S/C33H39F4NO3/c1-20(2)24-6-4-5-21(17-24)19-32-15-16-38(29(39)22-7-9-23(10-8-22)30(40)41)28(32)14-11-25-18-26(12-13-27(25)32)31(3,34)33(35,36)37/h4-6,12-13,17-18,20,22-23,28H,7-11,14-16,19H2,1-3H3,(H,40,41). The summed E-state index contributed by atoms with van der Waals surface area (Å²) >= 11 is 0. The van der Waals surface area contributed by atoms with E-state index >= 15 is 0 Å². The third-order valence-electron chi connectivity index (χ3n) is 10.1. The molecular weight excluding hydrogens is 534 g/mol. The van der Waals surface area contributed by atoms with Crippen molar-refractivity contribution in [1.29, 1.82) is 0 Å². The van der Waals surface area contributed by atoms with Crippen molar-refractivity contribution in [1.82, 2.24) is 4.90 Å². The van der Waals surface area contributed by atoms with Crippen molar-refractivity contribution in [3.05, 3.63) is 70.3 Å². The van der Waals surface area contributed by atoms with Gasteiger partial charge in [0.25, 0.3) is 0 Å². The van der Waals surface area contributed by atoms with Gasteiger partial charge in [-0.15, -0.1) is 0 Å². The molecule has 8 heteroatoms. The summed E-state index contributed by atoms with van der Waals surface area (Å²) in [7, 11) is 0. The van der Waals surface area contributed by atoms with Gasteiger partial charge < -0.3 is 10.0 Å². The number of carbonyl (C=O) groups excluding carboxylic acids is 1. The zero-order valence-corrected chi connectivity index (χ0v) is 23.9. The number of rotatable bonds is 6. The minimum atomic E-state index is -5.02. The van der Waals surface area contributed by atoms with Crippen LogP contribution in [0.2, 0.25) is 0 Å². The first-order valence-electron chi connectivity index (χ1n) is 14.8. The van der Waals surface area contributed by atoms with E-state index in [0.29, 0.717) is 70.8 Å². The Morgan fingerprint density at radius 3 is 2.32 bits per heavy atom. The SMILES string of the molecule is CC(C)c1cccc(CC23CCN(C(=O)C4CCC(C(=O)O)CC4)C2CCc2cc(C(C)(F)C(F)(F)F)ccc23)c1. The zero-order chi connectivity index (χ0) is 29.7. The van der Waals surface area contributed by atoms with Crippen LogP contribution in [0.1, 0.15) is 93.0 Å². The van der Waals surface area contributed by atoms with Crippen LogP contribution >= 0.6 is 0 Å². The molecular formula is C33H39F4NO3. The molecule has 1 saturated carbocycles. The molecule has 2 fully saturated rings. The van der Waals surface area contributed by atoms with E-state index in [1.807, 2.05) is 11.0 Å². The Bertz CT molecular complexity index is 1310. The Morgan fingerprint density at radius 1 is 1.00 bits per heavy atom. The van der Waals surface area contributed by atoms with Gasteiger partial charge in [-0.2, -0.15) is 13.2 Å². The highest BCUT2D eigenvalue weighted by Gasteiger charge is 2.56. The second kappa shape index (κ2) is 10.7. The van der Waals surface area contributed by atoms with Gasteiger partial charge in [-0.05, 0) is 92.0 Å². The highest BCUT2D eigenvalue weighted by Crippen LogP contribution is 2.51. The average Bonchev–Trinajstić information content (AvgIpc) is 3.31. The van der Waals surface area contributed by atoms with Crippen LogP contribution in [0.4, 0.5) is 17.6 Å². The van der Waals surface area contributed by atoms with Crippen LogP contribution < -0.4 is 0 Å². The van der Waals surface area contributed by atoms with E-state index < -0.39 is 29.1 Å². The van der Waals surface area contributed by atoms with E-state index in [2.05, 4.69) is 32.0 Å². The van der Waals surface area contributed by atoms with Crippen molar-refractivity contribution in [3.63, 3.8) is 0 Å². The summed E-state index contributed by atoms with van der Waals surface area (Å²) in [6.45, 7) is 5.36. The lowest BCUT2D eigenvalue weighted by molar-refractivity contribution is -0.228. The van der Waals surface area contributed by atoms with Gasteiger partial charge in [0.15, 0.2) is 0 Å². The number of hydrogen-bond donors (Lipinski definition) is 1. The van der Waals surface area contributed by atoms with Gasteiger partial charge >= 0.3 is 12.1 Å². The lowest BCUT2D eigenvalue weighted by Gasteiger charge is -2.45. The molecule has 1 heterocycles. The van der Waals surface area contributed by atoms with Gasteiger partial charge in [0.05, 0.1) is 5.92 Å². The maximum atomic E-state index is 15.0. The Kier molecular flexibility index (Phi) is 7.75. The summed E-state index contributed by atoms with van der Waals surface area (Å²) in [5.41, 5.74) is -0.398. The molecule has 2 aromatic rings. The molecule has 1 amide bonds. The fraction of sp³-hybridized carbons (Fsp3) is 0.576. The molecule has 1 N–H and O–H groups in total. The first kappa shape index (κ1) is 29.6. The van der Waals surface area contributed by atoms with E-state index in [1.165, 1.54) is 17.7 Å². The van der Waals surface area contributed by atoms with E-state index in [-0.39, 0.29) is 23.4 Å². The van der Waals surface area contributed by atoms with Gasteiger partial charge in [0.2, 0.25) is 11.6 Å². The Hall–Kier alpha value is -2.90. The number of halogens is 4. The van der Waals surface area contributed by atoms with Crippen LogP contribution in [0.25, 0.3) is 0 Å². The van der Waals surface area contributed by atoms with Crippen molar-refractivity contribution < 1.29 is 32.3 Å². The number of hydrogen-bond acceptors (Lipinski definition) is 2. The van der Waals surface area contributed by atoms with Crippen LogP contribution in [-0.2, 0) is 33.5 Å². The van der Waals surface area contributed by atoms with Crippen LogP contribution in [0.5, 0.6) is 0 Å². The fourth-order valence-corrected chi connectivity index (χ4v) is 7.53. The molecule has 4 nitrogen and oxygen atoms in total. The average molecular weight is 574 g/mol. The maximum Gasteiger partial charge on any atom is 0.426 e. The number of benzene rings is 2. The number of amides is 1. The Labute approximate surface area is 239 Å². The number of likely N-dealkylation sites (tertiary alicyclic amines) is 1. The lowest BCUT2D eigenvalue weighted by Crippen LogP contribution is -2.51. The van der Waals surface area contributed by atoms with Crippen molar-refractivity contribution in [2.75, 3.05) is 6.54 Å². The predicted octanol–water partition coefficient (Wildman–Crippen LogP) is 7.48. The molecule has 0 bridgehead atoms. The summed E-state index contributed by atoms with van der Waals surface area (Å²) in [6, 6.07) is 12.6. The number of carboxylic acid groups (broad SMARTS) is 1. The lowest BCUT2D eigenvalue weighted by atomic mass is 9.63. The summed E-state index contributed by atoms with van der Waals surface area (Å²) < 4.78 is 55.7. The maximum absolute atomic E-state index is 15.0. The predicted molar refractivity (Wildman–Crippen MR) is 148 cm³/mol. The number of alkyl halides is 4. The highest BCUT2D eigenvalue weighted by molar-refractivity contribution is 5.80. The second-order valence-corrected chi connectivity index (χ2v) is 12.8. The molecule has 0 aromatic heterocycles. The number of aliphatic carboxylic acids is 1. The highest BCUT2D eigenvalue weighted by atomic mass is 19.4. The van der Waals surface area contributed by atoms with Crippen molar-refractivity contribution in [2.24, 2.45) is 11.8 Å². The Morgan fingerprint density at radius 2 is 1.68 bits per heavy atom. The number of fused-ring (bicyclic) bond motifs is 3. The summed E-state index contributed by atoms with van der Waals surface area (Å²) in [5.74, 6) is -1.04. The summed E-state index contributed by atoms with van der Waals surface area (Å²) in [4.78, 5) is 27.3. The molecule has 2 aromatic carbocycles.